The SMILES string of the molecule is Nc1ccc(Br)cc1S(=O)Cc1cc(Br)cc2c1OCC2. The summed E-state index contributed by atoms with van der Waals surface area (Å²) in [5.41, 5.74) is 8.60. The zero-order valence-electron chi connectivity index (χ0n) is 11.1. The molecule has 2 aromatic rings. The third-order valence-corrected chi connectivity index (χ3v) is 5.70. The Balaban J connectivity index is 1.94. The van der Waals surface area contributed by atoms with Gasteiger partial charge in [0, 0.05) is 26.6 Å². The topological polar surface area (TPSA) is 52.3 Å². The van der Waals surface area contributed by atoms with Crippen molar-refractivity contribution in [3.8, 4) is 5.75 Å². The molecular formula is C15H13Br2NO2S. The van der Waals surface area contributed by atoms with Gasteiger partial charge in [0.15, 0.2) is 0 Å². The van der Waals surface area contributed by atoms with E-state index in [1.54, 1.807) is 6.07 Å². The summed E-state index contributed by atoms with van der Waals surface area (Å²) in [4.78, 5) is 0.649. The van der Waals surface area contributed by atoms with Crippen LogP contribution in [0.25, 0.3) is 0 Å². The second-order valence-corrected chi connectivity index (χ2v) is 8.07. The van der Waals surface area contributed by atoms with E-state index in [1.807, 2.05) is 18.2 Å². The van der Waals surface area contributed by atoms with Gasteiger partial charge < -0.3 is 10.5 Å². The third-order valence-electron chi connectivity index (χ3n) is 3.33. The highest BCUT2D eigenvalue weighted by Crippen LogP contribution is 2.35. The molecule has 0 aromatic heterocycles. The first-order valence-corrected chi connectivity index (χ1v) is 9.32. The van der Waals surface area contributed by atoms with E-state index < -0.39 is 10.8 Å². The van der Waals surface area contributed by atoms with Gasteiger partial charge in [-0.25, -0.2) is 0 Å². The van der Waals surface area contributed by atoms with Gasteiger partial charge in [0.05, 0.1) is 28.1 Å². The molecule has 3 nitrogen and oxygen atoms in total. The van der Waals surface area contributed by atoms with Gasteiger partial charge in [-0.15, -0.1) is 0 Å². The first-order chi connectivity index (χ1) is 10.0. The van der Waals surface area contributed by atoms with Crippen LogP contribution < -0.4 is 10.5 Å². The van der Waals surface area contributed by atoms with Crippen molar-refractivity contribution in [2.24, 2.45) is 0 Å². The van der Waals surface area contributed by atoms with Crippen molar-refractivity contribution in [2.75, 3.05) is 12.3 Å². The summed E-state index contributed by atoms with van der Waals surface area (Å²) in [6.07, 6.45) is 0.896. The van der Waals surface area contributed by atoms with Crippen LogP contribution in [-0.2, 0) is 23.0 Å². The summed E-state index contributed by atoms with van der Waals surface area (Å²) in [7, 11) is -1.21. The Kier molecular flexibility index (Phi) is 4.38. The predicted molar refractivity (Wildman–Crippen MR) is 92.0 cm³/mol. The lowest BCUT2D eigenvalue weighted by Crippen LogP contribution is -2.02. The molecule has 21 heavy (non-hydrogen) atoms. The standard InChI is InChI=1S/C15H13Br2NO2S/c16-11-1-2-13(18)14(7-11)21(19)8-10-6-12(17)5-9-3-4-20-15(9)10/h1-2,5-7H,3-4,8,18H2. The Labute approximate surface area is 142 Å². The normalized spacial score (nSPS) is 14.6. The molecule has 1 unspecified atom stereocenters. The average molecular weight is 431 g/mol. The number of fused-ring (bicyclic) bond motifs is 1. The molecule has 2 aromatic carbocycles. The number of anilines is 1. The quantitative estimate of drug-likeness (QED) is 0.747. The average Bonchev–Trinajstić information content (AvgIpc) is 2.89. The first-order valence-electron chi connectivity index (χ1n) is 6.42. The zero-order chi connectivity index (χ0) is 15.0. The molecule has 0 radical (unpaired) electrons. The van der Waals surface area contributed by atoms with E-state index in [1.165, 1.54) is 5.56 Å². The van der Waals surface area contributed by atoms with Gasteiger partial charge in [-0.1, -0.05) is 31.9 Å². The van der Waals surface area contributed by atoms with E-state index in [0.29, 0.717) is 22.9 Å². The summed E-state index contributed by atoms with van der Waals surface area (Å²) in [5.74, 6) is 1.27. The van der Waals surface area contributed by atoms with Crippen LogP contribution in [0.2, 0.25) is 0 Å². The summed E-state index contributed by atoms with van der Waals surface area (Å²) >= 11 is 6.89. The Morgan fingerprint density at radius 1 is 1.19 bits per heavy atom. The maximum atomic E-state index is 12.6. The van der Waals surface area contributed by atoms with Gasteiger partial charge in [0.1, 0.15) is 5.75 Å². The minimum Gasteiger partial charge on any atom is -0.493 e. The second-order valence-electron chi connectivity index (χ2n) is 4.82. The fourth-order valence-electron chi connectivity index (χ4n) is 2.38. The van der Waals surface area contributed by atoms with E-state index >= 15 is 0 Å². The highest BCUT2D eigenvalue weighted by Gasteiger charge is 2.20. The molecule has 110 valence electrons. The minimum atomic E-state index is -1.21. The Bertz CT molecular complexity index is 734. The molecule has 1 heterocycles. The van der Waals surface area contributed by atoms with Gasteiger partial charge in [0.2, 0.25) is 0 Å². The Morgan fingerprint density at radius 2 is 2.00 bits per heavy atom. The maximum Gasteiger partial charge on any atom is 0.126 e. The summed E-state index contributed by atoms with van der Waals surface area (Å²) in [5, 5.41) is 0. The van der Waals surface area contributed by atoms with Crippen molar-refractivity contribution in [2.45, 2.75) is 17.1 Å². The van der Waals surface area contributed by atoms with Crippen LogP contribution in [0, 0.1) is 0 Å². The molecule has 0 fully saturated rings. The molecule has 3 rings (SSSR count). The van der Waals surface area contributed by atoms with E-state index in [2.05, 4.69) is 37.9 Å². The van der Waals surface area contributed by atoms with Gasteiger partial charge >= 0.3 is 0 Å². The molecule has 0 amide bonds. The van der Waals surface area contributed by atoms with Gasteiger partial charge in [0.25, 0.3) is 0 Å². The van der Waals surface area contributed by atoms with Crippen LogP contribution in [0.1, 0.15) is 11.1 Å². The van der Waals surface area contributed by atoms with E-state index in [9.17, 15) is 4.21 Å². The van der Waals surface area contributed by atoms with Gasteiger partial charge in [-0.3, -0.25) is 4.21 Å². The fourth-order valence-corrected chi connectivity index (χ4v) is 4.68. The minimum absolute atomic E-state index is 0.391. The molecular weight excluding hydrogens is 418 g/mol. The van der Waals surface area contributed by atoms with Crippen LogP contribution in [0.5, 0.6) is 5.75 Å². The van der Waals surface area contributed by atoms with Crippen molar-refractivity contribution in [3.05, 3.63) is 50.4 Å². The summed E-state index contributed by atoms with van der Waals surface area (Å²) in [6, 6.07) is 9.44. The van der Waals surface area contributed by atoms with Crippen LogP contribution in [-0.4, -0.2) is 10.8 Å². The lowest BCUT2D eigenvalue weighted by Gasteiger charge is -2.10. The predicted octanol–water partition coefficient (Wildman–Crippen LogP) is 4.04. The monoisotopic (exact) mass is 429 g/mol. The summed E-state index contributed by atoms with van der Waals surface area (Å²) in [6.45, 7) is 0.685. The highest BCUT2D eigenvalue weighted by molar-refractivity contribution is 9.10. The number of nitrogen functional groups attached to an aromatic ring is 1. The number of hydrogen-bond donors (Lipinski definition) is 1. The molecule has 0 aliphatic carbocycles. The molecule has 1 aliphatic rings. The maximum absolute atomic E-state index is 12.6. The zero-order valence-corrected chi connectivity index (χ0v) is 15.1. The molecule has 0 saturated heterocycles. The third kappa shape index (κ3) is 3.17. The van der Waals surface area contributed by atoms with Crippen molar-refractivity contribution < 1.29 is 8.95 Å². The molecule has 1 aliphatic heterocycles. The van der Waals surface area contributed by atoms with E-state index in [4.69, 9.17) is 10.5 Å². The van der Waals surface area contributed by atoms with E-state index in [0.717, 1.165) is 26.7 Å². The van der Waals surface area contributed by atoms with E-state index in [-0.39, 0.29) is 0 Å². The Hall–Kier alpha value is -0.850. The molecule has 0 saturated carbocycles. The van der Waals surface area contributed by atoms with Crippen molar-refractivity contribution in [1.29, 1.82) is 0 Å². The highest BCUT2D eigenvalue weighted by atomic mass is 79.9. The van der Waals surface area contributed by atoms with Gasteiger partial charge in [-0.05, 0) is 35.9 Å². The van der Waals surface area contributed by atoms with Crippen LogP contribution in [0.15, 0.2) is 44.2 Å². The van der Waals surface area contributed by atoms with Crippen molar-refractivity contribution in [1.82, 2.24) is 0 Å². The number of halogens is 2. The number of ether oxygens (including phenoxy) is 1. The lowest BCUT2D eigenvalue weighted by atomic mass is 10.1. The molecule has 1 atom stereocenters. The molecule has 0 spiro atoms. The summed E-state index contributed by atoms with van der Waals surface area (Å²) < 4.78 is 20.2. The fraction of sp³-hybridized carbons (Fsp3) is 0.200. The number of hydrogen-bond acceptors (Lipinski definition) is 3. The van der Waals surface area contributed by atoms with Crippen molar-refractivity contribution in [3.63, 3.8) is 0 Å². The second kappa shape index (κ2) is 6.10. The van der Waals surface area contributed by atoms with Crippen LogP contribution in [0.4, 0.5) is 5.69 Å². The number of rotatable bonds is 3. The number of benzene rings is 2. The molecule has 0 bridgehead atoms. The lowest BCUT2D eigenvalue weighted by molar-refractivity contribution is 0.354. The van der Waals surface area contributed by atoms with Crippen LogP contribution in [0.3, 0.4) is 0 Å². The van der Waals surface area contributed by atoms with Gasteiger partial charge in [-0.2, -0.15) is 0 Å². The Morgan fingerprint density at radius 3 is 2.81 bits per heavy atom. The smallest absolute Gasteiger partial charge is 0.126 e. The number of nitrogens with two attached hydrogens (primary N) is 1. The molecule has 2 N–H and O–H groups in total. The molecule has 6 heteroatoms. The first kappa shape index (κ1) is 15.1. The van der Waals surface area contributed by atoms with Crippen molar-refractivity contribution >= 4 is 48.3 Å². The van der Waals surface area contributed by atoms with Crippen LogP contribution >= 0.6 is 31.9 Å². The largest absolute Gasteiger partial charge is 0.493 e.